The molecule has 1 unspecified atom stereocenters. The Kier molecular flexibility index (Phi) is 7.12. The van der Waals surface area contributed by atoms with Gasteiger partial charge < -0.3 is 0 Å². The van der Waals surface area contributed by atoms with Gasteiger partial charge >= 0.3 is 26.3 Å². The zero-order valence-electron chi connectivity index (χ0n) is 11.3. The number of nitrogens with zero attached hydrogens (tertiary/aromatic N) is 1. The van der Waals surface area contributed by atoms with Gasteiger partial charge in [-0.25, -0.2) is 18.0 Å². The van der Waals surface area contributed by atoms with Crippen molar-refractivity contribution in [2.75, 3.05) is 20.3 Å². The maximum Gasteiger partial charge on any atom is 0.412 e. The average molecular weight is 349 g/mol. The van der Waals surface area contributed by atoms with E-state index in [1.54, 1.807) is 0 Å². The maximum absolute atomic E-state index is 12.7. The molecular formula is C9H15F7NO3P. The third-order valence-corrected chi connectivity index (χ3v) is 4.41. The zero-order valence-corrected chi connectivity index (χ0v) is 12.2. The summed E-state index contributed by atoms with van der Waals surface area (Å²) >= 11 is 0. The highest BCUT2D eigenvalue weighted by Gasteiger charge is 2.46. The van der Waals surface area contributed by atoms with Crippen LogP contribution in [0.5, 0.6) is 0 Å². The van der Waals surface area contributed by atoms with Crippen LogP contribution in [0.15, 0.2) is 0 Å². The molecule has 0 radical (unpaired) electrons. The van der Waals surface area contributed by atoms with E-state index in [1.165, 1.54) is 13.8 Å². The van der Waals surface area contributed by atoms with Crippen molar-refractivity contribution in [1.82, 2.24) is 4.67 Å². The molecule has 21 heavy (non-hydrogen) atoms. The summed E-state index contributed by atoms with van der Waals surface area (Å²) in [5.74, 6) is -4.66. The third-order valence-electron chi connectivity index (χ3n) is 2.26. The van der Waals surface area contributed by atoms with Crippen molar-refractivity contribution in [3.05, 3.63) is 0 Å². The summed E-state index contributed by atoms with van der Waals surface area (Å²) in [6, 6.07) is -0.704. The van der Waals surface area contributed by atoms with Crippen LogP contribution in [0.3, 0.4) is 0 Å². The van der Waals surface area contributed by atoms with Crippen molar-refractivity contribution < 1.29 is 44.3 Å². The second-order valence-electron chi connectivity index (χ2n) is 4.36. The number of hydrogen-bond acceptors (Lipinski definition) is 3. The molecular weight excluding hydrogens is 334 g/mol. The normalized spacial score (nSPS) is 16.8. The quantitative estimate of drug-likeness (QED) is 0.492. The van der Waals surface area contributed by atoms with E-state index in [9.17, 15) is 35.3 Å². The van der Waals surface area contributed by atoms with E-state index < -0.39 is 45.5 Å². The van der Waals surface area contributed by atoms with E-state index in [2.05, 4.69) is 9.05 Å². The second kappa shape index (κ2) is 7.26. The van der Waals surface area contributed by atoms with Crippen LogP contribution in [0.25, 0.3) is 0 Å². The van der Waals surface area contributed by atoms with Gasteiger partial charge in [-0.3, -0.25) is 9.05 Å². The Hall–Kier alpha value is -0.380. The van der Waals surface area contributed by atoms with E-state index in [-0.39, 0.29) is 0 Å². The Morgan fingerprint density at radius 2 is 1.48 bits per heavy atom. The molecule has 0 saturated carbocycles. The standard InChI is InChI=1S/C9H15F7NO3P/c1-6(2)17(3)21(18,20-5-9(14,15)16)19-4-8(12,13)7(10)11/h6-7H,4-5H2,1-3H3. The Labute approximate surface area is 116 Å². The van der Waals surface area contributed by atoms with E-state index in [1.807, 2.05) is 0 Å². The number of halogens is 7. The molecule has 0 aliphatic heterocycles. The van der Waals surface area contributed by atoms with Gasteiger partial charge in [0.2, 0.25) is 0 Å². The van der Waals surface area contributed by atoms with Crippen LogP contribution in [-0.4, -0.2) is 49.5 Å². The third kappa shape index (κ3) is 6.94. The fourth-order valence-corrected chi connectivity index (χ4v) is 2.54. The number of alkyl halides is 7. The monoisotopic (exact) mass is 349 g/mol. The molecule has 0 rings (SSSR count). The smallest absolute Gasteiger partial charge is 0.290 e. The molecule has 0 N–H and O–H groups in total. The molecule has 12 heteroatoms. The molecule has 0 aromatic heterocycles. The second-order valence-corrected chi connectivity index (χ2v) is 6.44. The van der Waals surface area contributed by atoms with E-state index in [0.717, 1.165) is 7.05 Å². The number of rotatable bonds is 8. The predicted molar refractivity (Wildman–Crippen MR) is 59.4 cm³/mol. The highest BCUT2D eigenvalue weighted by Crippen LogP contribution is 2.53. The van der Waals surface area contributed by atoms with Crippen LogP contribution < -0.4 is 0 Å². The Morgan fingerprint density at radius 3 is 1.81 bits per heavy atom. The van der Waals surface area contributed by atoms with E-state index in [0.29, 0.717) is 4.67 Å². The number of hydrogen-bond donors (Lipinski definition) is 0. The fraction of sp³-hybridized carbons (Fsp3) is 1.00. The lowest BCUT2D eigenvalue weighted by molar-refractivity contribution is -0.164. The summed E-state index contributed by atoms with van der Waals surface area (Å²) < 4.78 is 106. The molecule has 0 aromatic carbocycles. The van der Waals surface area contributed by atoms with Gasteiger partial charge in [-0.15, -0.1) is 0 Å². The summed E-state index contributed by atoms with van der Waals surface area (Å²) in [4.78, 5) is 0. The molecule has 4 nitrogen and oxygen atoms in total. The largest absolute Gasteiger partial charge is 0.412 e. The van der Waals surface area contributed by atoms with Crippen molar-refractivity contribution in [3.63, 3.8) is 0 Å². The minimum Gasteiger partial charge on any atom is -0.290 e. The van der Waals surface area contributed by atoms with E-state index in [4.69, 9.17) is 0 Å². The first-order valence-corrected chi connectivity index (χ1v) is 7.06. The molecule has 0 saturated heterocycles. The lowest BCUT2D eigenvalue weighted by atomic mass is 10.4. The molecule has 0 fully saturated rings. The SMILES string of the molecule is CC(C)N(C)P(=O)(OCC(F)(F)F)OCC(F)(F)C(F)F. The van der Waals surface area contributed by atoms with Crippen molar-refractivity contribution in [3.8, 4) is 0 Å². The van der Waals surface area contributed by atoms with Gasteiger partial charge in [0.15, 0.2) is 6.61 Å². The van der Waals surface area contributed by atoms with Crippen molar-refractivity contribution in [2.24, 2.45) is 0 Å². The summed E-state index contributed by atoms with van der Waals surface area (Å²) in [6.45, 7) is -1.31. The summed E-state index contributed by atoms with van der Waals surface area (Å²) in [6.07, 6.45) is -9.00. The molecule has 0 bridgehead atoms. The van der Waals surface area contributed by atoms with Gasteiger partial charge in [-0.05, 0) is 20.9 Å². The van der Waals surface area contributed by atoms with Gasteiger partial charge in [-0.1, -0.05) is 0 Å². The van der Waals surface area contributed by atoms with Gasteiger partial charge in [-0.2, -0.15) is 22.0 Å². The molecule has 0 heterocycles. The molecule has 0 aliphatic rings. The Bertz CT molecular complexity index is 375. The first-order chi connectivity index (χ1) is 9.21. The lowest BCUT2D eigenvalue weighted by Gasteiger charge is -2.30. The van der Waals surface area contributed by atoms with E-state index >= 15 is 0 Å². The van der Waals surface area contributed by atoms with Crippen LogP contribution >= 0.6 is 7.75 Å². The molecule has 128 valence electrons. The highest BCUT2D eigenvalue weighted by molar-refractivity contribution is 7.51. The summed E-state index contributed by atoms with van der Waals surface area (Å²) in [5, 5.41) is 0. The van der Waals surface area contributed by atoms with Gasteiger partial charge in [0.25, 0.3) is 0 Å². The molecule has 0 spiro atoms. The van der Waals surface area contributed by atoms with Gasteiger partial charge in [0, 0.05) is 6.04 Å². The molecule has 0 aromatic rings. The molecule has 0 amide bonds. The molecule has 0 aliphatic carbocycles. The Balaban J connectivity index is 5.03. The lowest BCUT2D eigenvalue weighted by Crippen LogP contribution is -2.35. The van der Waals surface area contributed by atoms with Crippen LogP contribution in [-0.2, 0) is 13.6 Å². The molecule has 1 atom stereocenters. The minimum absolute atomic E-state index is 0.639. The summed E-state index contributed by atoms with van der Waals surface area (Å²) in [7, 11) is -3.80. The first kappa shape index (κ1) is 20.6. The first-order valence-electron chi connectivity index (χ1n) is 5.56. The van der Waals surface area contributed by atoms with Crippen molar-refractivity contribution >= 4 is 7.75 Å². The van der Waals surface area contributed by atoms with Gasteiger partial charge in [0.05, 0.1) is 0 Å². The topological polar surface area (TPSA) is 38.8 Å². The van der Waals surface area contributed by atoms with Crippen molar-refractivity contribution in [2.45, 2.75) is 38.4 Å². The van der Waals surface area contributed by atoms with Crippen LogP contribution in [0.2, 0.25) is 0 Å². The minimum atomic E-state index is -4.89. The van der Waals surface area contributed by atoms with Crippen LogP contribution in [0.4, 0.5) is 30.7 Å². The highest BCUT2D eigenvalue weighted by atomic mass is 31.2. The summed E-state index contributed by atoms with van der Waals surface area (Å²) in [5.41, 5.74) is 0. The predicted octanol–water partition coefficient (Wildman–Crippen LogP) is 3.93. The van der Waals surface area contributed by atoms with Gasteiger partial charge in [0.1, 0.15) is 6.61 Å². The maximum atomic E-state index is 12.7. The van der Waals surface area contributed by atoms with Crippen LogP contribution in [0.1, 0.15) is 13.8 Å². The van der Waals surface area contributed by atoms with Crippen LogP contribution in [0, 0.1) is 0 Å². The van der Waals surface area contributed by atoms with Crippen molar-refractivity contribution in [1.29, 1.82) is 0 Å². The average Bonchev–Trinajstić information content (AvgIpc) is 2.32. The zero-order chi connectivity index (χ0) is 17.1. The fourth-order valence-electron chi connectivity index (χ4n) is 0.888. The Morgan fingerprint density at radius 1 is 1.05 bits per heavy atom.